The first-order chi connectivity index (χ1) is 29.7. The van der Waals surface area contributed by atoms with E-state index in [9.17, 15) is 0 Å². The molecule has 2 heteroatoms. The zero-order valence-corrected chi connectivity index (χ0v) is 32.9. The molecule has 1 aliphatic rings. The SMILES string of the molecule is C1=C\c2ccc3ccc(-c4ccc5ccc(-c6ccc(-c7nc8ccccc8c8c9ccccc9c9ccccc9c78)cc6)cc5c4)nc3c2CC\C=C/1c1ccccc1. The summed E-state index contributed by atoms with van der Waals surface area (Å²) in [4.78, 5) is 10.7. The molecule has 60 heavy (non-hydrogen) atoms. The van der Waals surface area contributed by atoms with E-state index in [1.54, 1.807) is 0 Å². The lowest BCUT2D eigenvalue weighted by Gasteiger charge is -2.16. The zero-order chi connectivity index (χ0) is 39.6. The minimum absolute atomic E-state index is 0.949. The summed E-state index contributed by atoms with van der Waals surface area (Å²) in [7, 11) is 0. The van der Waals surface area contributed by atoms with Crippen LogP contribution in [0.25, 0.3) is 110 Å². The lowest BCUT2D eigenvalue weighted by atomic mass is 9.89. The van der Waals surface area contributed by atoms with Crippen molar-refractivity contribution >= 4 is 76.5 Å². The van der Waals surface area contributed by atoms with Crippen molar-refractivity contribution in [2.75, 3.05) is 0 Å². The van der Waals surface area contributed by atoms with Gasteiger partial charge in [-0.15, -0.1) is 0 Å². The van der Waals surface area contributed by atoms with Crippen LogP contribution in [0.2, 0.25) is 0 Å². The molecule has 280 valence electrons. The molecule has 0 spiro atoms. The Morgan fingerprint density at radius 2 is 1.00 bits per heavy atom. The van der Waals surface area contributed by atoms with Crippen LogP contribution in [0.5, 0.6) is 0 Å². The first-order valence-corrected chi connectivity index (χ1v) is 20.9. The molecule has 0 unspecified atom stereocenters. The molecule has 2 nitrogen and oxygen atoms in total. The molecule has 12 rings (SSSR count). The number of hydrogen-bond donors (Lipinski definition) is 0. The predicted octanol–water partition coefficient (Wildman–Crippen LogP) is 15.4. The van der Waals surface area contributed by atoms with Gasteiger partial charge in [0.1, 0.15) is 0 Å². The van der Waals surface area contributed by atoms with E-state index in [0.717, 1.165) is 46.4 Å². The molecule has 0 saturated heterocycles. The van der Waals surface area contributed by atoms with Crippen molar-refractivity contribution in [1.29, 1.82) is 0 Å². The number of aryl methyl sites for hydroxylation is 1. The number of rotatable bonds is 4. The van der Waals surface area contributed by atoms with Crippen LogP contribution in [-0.4, -0.2) is 9.97 Å². The van der Waals surface area contributed by atoms with Gasteiger partial charge >= 0.3 is 0 Å². The summed E-state index contributed by atoms with van der Waals surface area (Å²) in [5.74, 6) is 0. The maximum Gasteiger partial charge on any atom is 0.0794 e. The number of aromatic nitrogens is 2. The van der Waals surface area contributed by atoms with E-state index in [1.165, 1.54) is 87.3 Å². The quantitative estimate of drug-likeness (QED) is 0.167. The smallest absolute Gasteiger partial charge is 0.0794 e. The van der Waals surface area contributed by atoms with E-state index < -0.39 is 0 Å². The maximum atomic E-state index is 5.37. The molecular formula is C58H38N2. The summed E-state index contributed by atoms with van der Waals surface area (Å²) in [5, 5.41) is 12.2. The second kappa shape index (κ2) is 14.0. The summed E-state index contributed by atoms with van der Waals surface area (Å²) < 4.78 is 0. The molecule has 0 fully saturated rings. The highest BCUT2D eigenvalue weighted by Crippen LogP contribution is 2.43. The fourth-order valence-electron chi connectivity index (χ4n) is 9.55. The monoisotopic (exact) mass is 762 g/mol. The van der Waals surface area contributed by atoms with E-state index in [-0.39, 0.29) is 0 Å². The van der Waals surface area contributed by atoms with Gasteiger partial charge in [-0.25, -0.2) is 9.97 Å². The first-order valence-electron chi connectivity index (χ1n) is 20.9. The molecular weight excluding hydrogens is 725 g/mol. The van der Waals surface area contributed by atoms with Crippen molar-refractivity contribution in [3.8, 4) is 33.6 Å². The van der Waals surface area contributed by atoms with Gasteiger partial charge in [0, 0.05) is 32.7 Å². The second-order valence-corrected chi connectivity index (χ2v) is 16.0. The Balaban J connectivity index is 0.914. The third kappa shape index (κ3) is 5.72. The largest absolute Gasteiger partial charge is 0.247 e. The van der Waals surface area contributed by atoms with Crippen LogP contribution in [0.1, 0.15) is 23.1 Å². The van der Waals surface area contributed by atoms with Crippen LogP contribution in [0.3, 0.4) is 0 Å². The molecule has 0 radical (unpaired) electrons. The maximum absolute atomic E-state index is 5.37. The topological polar surface area (TPSA) is 25.8 Å². The first kappa shape index (κ1) is 34.4. The molecule has 2 aromatic heterocycles. The van der Waals surface area contributed by atoms with E-state index in [4.69, 9.17) is 9.97 Å². The van der Waals surface area contributed by atoms with Crippen LogP contribution in [0.4, 0.5) is 0 Å². The summed E-state index contributed by atoms with van der Waals surface area (Å²) in [5.41, 5.74) is 13.8. The van der Waals surface area contributed by atoms with Crippen LogP contribution in [0.15, 0.2) is 200 Å². The molecule has 1 aliphatic carbocycles. The van der Waals surface area contributed by atoms with Crippen molar-refractivity contribution in [2.24, 2.45) is 0 Å². The van der Waals surface area contributed by atoms with Gasteiger partial charge in [0.25, 0.3) is 0 Å². The van der Waals surface area contributed by atoms with Gasteiger partial charge < -0.3 is 0 Å². The number of allylic oxidation sites excluding steroid dienone is 3. The number of fused-ring (bicyclic) bond motifs is 12. The van der Waals surface area contributed by atoms with Crippen molar-refractivity contribution in [2.45, 2.75) is 12.8 Å². The van der Waals surface area contributed by atoms with Crippen molar-refractivity contribution < 1.29 is 0 Å². The lowest BCUT2D eigenvalue weighted by Crippen LogP contribution is -1.97. The third-order valence-electron chi connectivity index (χ3n) is 12.5. The fraction of sp³-hybridized carbons (Fsp3) is 0.0345. The van der Waals surface area contributed by atoms with Crippen LogP contribution < -0.4 is 0 Å². The number of benzene rings is 9. The molecule has 2 heterocycles. The van der Waals surface area contributed by atoms with Crippen molar-refractivity contribution in [3.63, 3.8) is 0 Å². The minimum atomic E-state index is 0.949. The van der Waals surface area contributed by atoms with Gasteiger partial charge in [-0.3, -0.25) is 0 Å². The highest BCUT2D eigenvalue weighted by Gasteiger charge is 2.18. The van der Waals surface area contributed by atoms with Gasteiger partial charge in [0.05, 0.1) is 22.4 Å². The lowest BCUT2D eigenvalue weighted by molar-refractivity contribution is 1.00. The van der Waals surface area contributed by atoms with Crippen LogP contribution in [0, 0.1) is 0 Å². The number of hydrogen-bond acceptors (Lipinski definition) is 2. The molecule has 0 saturated carbocycles. The normalized spacial score (nSPS) is 14.3. The molecule has 11 aromatic rings. The Bertz CT molecular complexity index is 3580. The van der Waals surface area contributed by atoms with Crippen LogP contribution in [-0.2, 0) is 6.42 Å². The molecule has 0 amide bonds. The van der Waals surface area contributed by atoms with E-state index in [1.807, 2.05) is 0 Å². The minimum Gasteiger partial charge on any atom is -0.247 e. The van der Waals surface area contributed by atoms with Crippen LogP contribution >= 0.6 is 0 Å². The molecule has 9 aromatic carbocycles. The summed E-state index contributed by atoms with van der Waals surface area (Å²) in [6.07, 6.45) is 8.79. The Kier molecular flexibility index (Phi) is 8.02. The second-order valence-electron chi connectivity index (χ2n) is 16.0. The average molecular weight is 763 g/mol. The third-order valence-corrected chi connectivity index (χ3v) is 12.5. The van der Waals surface area contributed by atoms with Gasteiger partial charge in [-0.2, -0.15) is 0 Å². The Morgan fingerprint density at radius 1 is 0.383 bits per heavy atom. The Labute approximate surface area is 348 Å². The molecule has 0 atom stereocenters. The molecule has 0 N–H and O–H groups in total. The van der Waals surface area contributed by atoms with Gasteiger partial charge in [-0.1, -0.05) is 182 Å². The fourth-order valence-corrected chi connectivity index (χ4v) is 9.55. The summed E-state index contributed by atoms with van der Waals surface area (Å²) >= 11 is 0. The van der Waals surface area contributed by atoms with Gasteiger partial charge in [0.15, 0.2) is 0 Å². The number of pyridine rings is 2. The summed E-state index contributed by atoms with van der Waals surface area (Å²) in [6.45, 7) is 0. The highest BCUT2D eigenvalue weighted by atomic mass is 14.7. The van der Waals surface area contributed by atoms with Gasteiger partial charge in [0.2, 0.25) is 0 Å². The van der Waals surface area contributed by atoms with E-state index >= 15 is 0 Å². The standard InChI is InChI=1S/C58H38N2/c1-2-11-37(12-3-1)38-13-10-19-47-41(26-21-38)27-30-42-33-34-53(59-57(42)47)45-32-25-40-24-31-44(35-46(40)36-45)39-22-28-43(29-23-39)58-56-51-17-7-5-15-49(51)48-14-4-6-16-50(48)55(56)52-18-8-9-20-54(52)60-58/h1-9,11-18,20-36H,10,19H2/b26-21-,38-13+. The number of nitrogens with zero attached hydrogens (tertiary/aromatic N) is 2. The molecule has 0 bridgehead atoms. The van der Waals surface area contributed by atoms with Crippen molar-refractivity contribution in [3.05, 3.63) is 217 Å². The van der Waals surface area contributed by atoms with E-state index in [0.29, 0.717) is 0 Å². The Morgan fingerprint density at radius 3 is 1.80 bits per heavy atom. The predicted molar refractivity (Wildman–Crippen MR) is 255 cm³/mol. The van der Waals surface area contributed by atoms with Gasteiger partial charge in [-0.05, 0) is 103 Å². The highest BCUT2D eigenvalue weighted by molar-refractivity contribution is 6.33. The van der Waals surface area contributed by atoms with Crippen molar-refractivity contribution in [1.82, 2.24) is 9.97 Å². The zero-order valence-electron chi connectivity index (χ0n) is 32.9. The Hall–Kier alpha value is -7.68. The summed E-state index contributed by atoms with van der Waals surface area (Å²) in [6, 6.07) is 68.1. The average Bonchev–Trinajstić information content (AvgIpc) is 3.31. The molecule has 0 aliphatic heterocycles. The number of para-hydroxylation sites is 1. The van der Waals surface area contributed by atoms with E-state index in [2.05, 4.69) is 206 Å².